The molecule has 0 atom stereocenters. The van der Waals surface area contributed by atoms with E-state index in [9.17, 15) is 0 Å². The fraction of sp³-hybridized carbons (Fsp3) is 0.292. The van der Waals surface area contributed by atoms with Gasteiger partial charge in [-0.15, -0.1) is 10.2 Å². The molecule has 170 valence electrons. The molecule has 5 rings (SSSR count). The standard InChI is InChI=1S/C24H22Cl3N5S/c1-14-21(23-29-30-24(33-23)28-18-5-3-2-4-6-18)31-32(20-12-11-17(26)13-19(20)27)22(14)15-7-9-16(25)10-8-15/h7-13,18H,2-6H2,1H3,(H,28,30). The van der Waals surface area contributed by atoms with Gasteiger partial charge in [0.1, 0.15) is 5.69 Å². The first-order valence-corrected chi connectivity index (χ1v) is 12.9. The Balaban J connectivity index is 1.58. The van der Waals surface area contributed by atoms with Crippen molar-refractivity contribution in [3.63, 3.8) is 0 Å². The summed E-state index contributed by atoms with van der Waals surface area (Å²) in [4.78, 5) is 0. The molecule has 5 nitrogen and oxygen atoms in total. The Bertz CT molecular complexity index is 1280. The van der Waals surface area contributed by atoms with Gasteiger partial charge in [-0.25, -0.2) is 4.68 Å². The largest absolute Gasteiger partial charge is 0.357 e. The lowest BCUT2D eigenvalue weighted by Gasteiger charge is -2.21. The normalized spacial score (nSPS) is 14.5. The number of rotatable bonds is 5. The number of benzene rings is 2. The number of nitrogens with zero attached hydrogens (tertiary/aromatic N) is 4. The molecule has 9 heteroatoms. The Morgan fingerprint density at radius 2 is 1.67 bits per heavy atom. The van der Waals surface area contributed by atoms with Gasteiger partial charge in [-0.05, 0) is 50.1 Å². The summed E-state index contributed by atoms with van der Waals surface area (Å²) in [6.07, 6.45) is 6.20. The van der Waals surface area contributed by atoms with Gasteiger partial charge in [0.15, 0.2) is 5.01 Å². The summed E-state index contributed by atoms with van der Waals surface area (Å²) in [5, 5.41) is 20.7. The second-order valence-electron chi connectivity index (χ2n) is 8.23. The van der Waals surface area contributed by atoms with Crippen LogP contribution in [-0.2, 0) is 0 Å². The molecule has 2 heterocycles. The van der Waals surface area contributed by atoms with E-state index >= 15 is 0 Å². The van der Waals surface area contributed by atoms with Crippen LogP contribution in [0.2, 0.25) is 15.1 Å². The van der Waals surface area contributed by atoms with Gasteiger partial charge in [0, 0.05) is 27.2 Å². The van der Waals surface area contributed by atoms with Crippen molar-refractivity contribution in [2.45, 2.75) is 45.1 Å². The van der Waals surface area contributed by atoms with Crippen LogP contribution in [0.1, 0.15) is 37.7 Å². The molecule has 1 saturated carbocycles. The predicted molar refractivity (Wildman–Crippen MR) is 138 cm³/mol. The summed E-state index contributed by atoms with van der Waals surface area (Å²) in [5.74, 6) is 0. The van der Waals surface area contributed by atoms with Gasteiger partial charge in [0.2, 0.25) is 5.13 Å². The molecule has 0 unspecified atom stereocenters. The minimum absolute atomic E-state index is 0.468. The van der Waals surface area contributed by atoms with Crippen molar-refractivity contribution < 1.29 is 0 Å². The second-order valence-corrected chi connectivity index (χ2v) is 10.5. The minimum Gasteiger partial charge on any atom is -0.357 e. The maximum Gasteiger partial charge on any atom is 0.206 e. The smallest absolute Gasteiger partial charge is 0.206 e. The molecule has 1 N–H and O–H groups in total. The van der Waals surface area contributed by atoms with Crippen LogP contribution < -0.4 is 5.32 Å². The Kier molecular flexibility index (Phi) is 6.61. The van der Waals surface area contributed by atoms with Crippen LogP contribution in [0.4, 0.5) is 5.13 Å². The van der Waals surface area contributed by atoms with Crippen molar-refractivity contribution >= 4 is 51.3 Å². The van der Waals surface area contributed by atoms with E-state index < -0.39 is 0 Å². The summed E-state index contributed by atoms with van der Waals surface area (Å²) in [7, 11) is 0. The van der Waals surface area contributed by atoms with E-state index in [-0.39, 0.29) is 0 Å². The number of nitrogens with one attached hydrogen (secondary N) is 1. The molecule has 0 saturated heterocycles. The minimum atomic E-state index is 0.468. The van der Waals surface area contributed by atoms with E-state index in [1.807, 2.05) is 48.0 Å². The molecule has 0 spiro atoms. The number of anilines is 1. The molecule has 1 aliphatic rings. The van der Waals surface area contributed by atoms with Gasteiger partial charge in [0.05, 0.1) is 16.4 Å². The van der Waals surface area contributed by atoms with Gasteiger partial charge >= 0.3 is 0 Å². The van der Waals surface area contributed by atoms with Crippen LogP contribution in [0.5, 0.6) is 0 Å². The van der Waals surface area contributed by atoms with Crippen LogP contribution in [0.25, 0.3) is 27.6 Å². The SMILES string of the molecule is Cc1c(-c2nnc(NC3CCCCC3)s2)nn(-c2ccc(Cl)cc2Cl)c1-c1ccc(Cl)cc1. The first-order valence-electron chi connectivity index (χ1n) is 10.9. The van der Waals surface area contributed by atoms with Crippen molar-refractivity contribution in [1.29, 1.82) is 0 Å². The number of hydrogen-bond acceptors (Lipinski definition) is 5. The highest BCUT2D eigenvalue weighted by atomic mass is 35.5. The first kappa shape index (κ1) is 22.7. The van der Waals surface area contributed by atoms with Gasteiger partial charge < -0.3 is 5.32 Å². The third-order valence-electron chi connectivity index (χ3n) is 5.94. The lowest BCUT2D eigenvalue weighted by Crippen LogP contribution is -2.21. The Morgan fingerprint density at radius 3 is 2.39 bits per heavy atom. The van der Waals surface area contributed by atoms with Crippen molar-refractivity contribution in [3.8, 4) is 27.6 Å². The van der Waals surface area contributed by atoms with Crippen LogP contribution in [0.3, 0.4) is 0 Å². The van der Waals surface area contributed by atoms with E-state index in [1.54, 1.807) is 6.07 Å². The molecule has 1 fully saturated rings. The molecule has 1 aliphatic carbocycles. The fourth-order valence-electron chi connectivity index (χ4n) is 4.27. The molecule has 0 bridgehead atoms. The van der Waals surface area contributed by atoms with Crippen molar-refractivity contribution in [2.75, 3.05) is 5.32 Å². The summed E-state index contributed by atoms with van der Waals surface area (Å²) in [5.41, 5.74) is 4.41. The summed E-state index contributed by atoms with van der Waals surface area (Å²) in [6.45, 7) is 2.04. The predicted octanol–water partition coefficient (Wildman–Crippen LogP) is 8.07. The molecule has 2 aromatic heterocycles. The highest BCUT2D eigenvalue weighted by Crippen LogP contribution is 2.38. The summed E-state index contributed by atoms with van der Waals surface area (Å²) >= 11 is 20.4. The Hall–Kier alpha value is -2.12. The first-order chi connectivity index (χ1) is 16.0. The molecule has 0 radical (unpaired) electrons. The van der Waals surface area contributed by atoms with Gasteiger partial charge in [-0.3, -0.25) is 0 Å². The zero-order valence-electron chi connectivity index (χ0n) is 18.0. The molecule has 33 heavy (non-hydrogen) atoms. The fourth-order valence-corrected chi connectivity index (χ4v) is 5.75. The molecular weight excluding hydrogens is 497 g/mol. The number of halogens is 3. The summed E-state index contributed by atoms with van der Waals surface area (Å²) < 4.78 is 1.85. The topological polar surface area (TPSA) is 55.6 Å². The zero-order valence-corrected chi connectivity index (χ0v) is 21.1. The lowest BCUT2D eigenvalue weighted by molar-refractivity contribution is 0.462. The third kappa shape index (κ3) is 4.76. The maximum atomic E-state index is 6.57. The van der Waals surface area contributed by atoms with Gasteiger partial charge in [-0.2, -0.15) is 5.10 Å². The highest BCUT2D eigenvalue weighted by molar-refractivity contribution is 7.18. The highest BCUT2D eigenvalue weighted by Gasteiger charge is 2.23. The Morgan fingerprint density at radius 1 is 0.939 bits per heavy atom. The third-order valence-corrected chi connectivity index (χ3v) is 7.59. The molecule has 4 aromatic rings. The van der Waals surface area contributed by atoms with E-state index in [2.05, 4.69) is 15.5 Å². The molecule has 0 aliphatic heterocycles. The van der Waals surface area contributed by atoms with E-state index in [0.29, 0.717) is 21.1 Å². The van der Waals surface area contributed by atoms with Crippen molar-refractivity contribution in [1.82, 2.24) is 20.0 Å². The number of aromatic nitrogens is 4. The number of hydrogen-bond donors (Lipinski definition) is 1. The summed E-state index contributed by atoms with van der Waals surface area (Å²) in [6, 6.07) is 13.6. The second kappa shape index (κ2) is 9.63. The Labute approximate surface area is 211 Å². The molecule has 2 aromatic carbocycles. The maximum absolute atomic E-state index is 6.57. The lowest BCUT2D eigenvalue weighted by atomic mass is 9.96. The van der Waals surface area contributed by atoms with E-state index in [4.69, 9.17) is 39.9 Å². The van der Waals surface area contributed by atoms with E-state index in [0.717, 1.165) is 38.3 Å². The van der Waals surface area contributed by atoms with Crippen LogP contribution in [-0.4, -0.2) is 26.0 Å². The van der Waals surface area contributed by atoms with Crippen molar-refractivity contribution in [3.05, 3.63) is 63.1 Å². The average molecular weight is 519 g/mol. The molecular formula is C24H22Cl3N5S. The monoisotopic (exact) mass is 517 g/mol. The van der Waals surface area contributed by atoms with Crippen molar-refractivity contribution in [2.24, 2.45) is 0 Å². The van der Waals surface area contributed by atoms with Crippen LogP contribution in [0.15, 0.2) is 42.5 Å². The van der Waals surface area contributed by atoms with Gasteiger partial charge in [-0.1, -0.05) is 77.5 Å². The average Bonchev–Trinajstić information content (AvgIpc) is 3.39. The van der Waals surface area contributed by atoms with Crippen LogP contribution in [0, 0.1) is 6.92 Å². The van der Waals surface area contributed by atoms with E-state index in [1.165, 1.54) is 43.4 Å². The molecule has 0 amide bonds. The quantitative estimate of drug-likeness (QED) is 0.290. The van der Waals surface area contributed by atoms with Gasteiger partial charge in [0.25, 0.3) is 0 Å². The van der Waals surface area contributed by atoms with Crippen LogP contribution >= 0.6 is 46.1 Å². The zero-order chi connectivity index (χ0) is 22.9.